The SMILES string of the molecule is COc1cc(C2C3=CCC4C(=O)N(Cc5ccccc5)C(=O)C4C3CC3C(=O)N(Nc4ncc(C(F)(F)F)cc4Cl)C(=O)C32c2ccc(Cl)cc2)cc(Br)c1O. The van der Waals surface area contributed by atoms with Gasteiger partial charge in [0.1, 0.15) is 0 Å². The third-order valence-corrected chi connectivity index (χ3v) is 12.6. The summed E-state index contributed by atoms with van der Waals surface area (Å²) in [5.74, 6) is -7.29. The number of rotatable bonds is 7. The van der Waals surface area contributed by atoms with Crippen LogP contribution in [0, 0.1) is 23.7 Å². The van der Waals surface area contributed by atoms with Crippen LogP contribution in [0.3, 0.4) is 0 Å². The number of carbonyl (C=O) groups is 4. The second-order valence-corrected chi connectivity index (χ2v) is 15.9. The number of aromatic nitrogens is 1. The minimum atomic E-state index is -4.76. The summed E-state index contributed by atoms with van der Waals surface area (Å²) in [6, 6.07) is 19.3. The molecular formula is C40H30BrCl2F3N4O6. The van der Waals surface area contributed by atoms with Crippen LogP contribution >= 0.6 is 39.1 Å². The van der Waals surface area contributed by atoms with Gasteiger partial charge in [-0.25, -0.2) is 4.98 Å². The maximum atomic E-state index is 15.4. The lowest BCUT2D eigenvalue weighted by molar-refractivity contribution is -0.142. The lowest BCUT2D eigenvalue weighted by atomic mass is 9.49. The molecule has 3 fully saturated rings. The second-order valence-electron chi connectivity index (χ2n) is 14.2. The number of nitrogens with zero attached hydrogens (tertiary/aromatic N) is 3. The molecule has 56 heavy (non-hydrogen) atoms. The van der Waals surface area contributed by atoms with Crippen LogP contribution in [0.1, 0.15) is 41.0 Å². The molecule has 0 bridgehead atoms. The third kappa shape index (κ3) is 5.87. The minimum Gasteiger partial charge on any atom is -0.503 e. The van der Waals surface area contributed by atoms with E-state index < -0.39 is 69.5 Å². The quantitative estimate of drug-likeness (QED) is 0.141. The summed E-state index contributed by atoms with van der Waals surface area (Å²) < 4.78 is 46.3. The van der Waals surface area contributed by atoms with E-state index in [9.17, 15) is 32.7 Å². The maximum absolute atomic E-state index is 15.4. The zero-order valence-electron chi connectivity index (χ0n) is 29.2. The van der Waals surface area contributed by atoms with Crippen molar-refractivity contribution in [1.29, 1.82) is 0 Å². The topological polar surface area (TPSA) is 129 Å². The van der Waals surface area contributed by atoms with Gasteiger partial charge in [-0.2, -0.15) is 18.2 Å². The molecule has 4 aliphatic rings. The highest BCUT2D eigenvalue weighted by atomic mass is 79.9. The molecule has 2 aliphatic carbocycles. The Labute approximate surface area is 336 Å². The number of amides is 4. The van der Waals surface area contributed by atoms with Crippen molar-refractivity contribution in [3.63, 3.8) is 0 Å². The van der Waals surface area contributed by atoms with Crippen molar-refractivity contribution in [1.82, 2.24) is 14.9 Å². The second kappa shape index (κ2) is 13.9. The molecule has 2 saturated heterocycles. The van der Waals surface area contributed by atoms with E-state index in [1.165, 1.54) is 12.0 Å². The normalized spacial score (nSPS) is 25.8. The predicted octanol–water partition coefficient (Wildman–Crippen LogP) is 8.07. The standard InChI is InChI=1S/C40H30BrCl2F3N4O6/c1-56-30-14-20(13-28(41)33(30)51)32-24-11-12-25-31(37(54)49(35(25)52)18-19-5-3-2-4-6-19)26(24)16-27-36(53)50(38(55)39(27,32)21-7-9-23(42)10-8-21)48-34-29(43)15-22(17-47-34)40(44,45)46/h2-11,13-15,17,25-27,31-32,51H,12,16,18H2,1H3,(H,47,48). The number of fused-ring (bicyclic) bond motifs is 4. The van der Waals surface area contributed by atoms with E-state index >= 15 is 4.79 Å². The number of hydrogen-bond acceptors (Lipinski definition) is 8. The molecular weight excluding hydrogens is 840 g/mol. The van der Waals surface area contributed by atoms with E-state index in [2.05, 4.69) is 26.3 Å². The number of imide groups is 2. The maximum Gasteiger partial charge on any atom is 0.417 e. The van der Waals surface area contributed by atoms with Gasteiger partial charge in [-0.15, -0.1) is 0 Å². The van der Waals surface area contributed by atoms with Crippen LogP contribution in [0.15, 0.2) is 95.1 Å². The van der Waals surface area contributed by atoms with Gasteiger partial charge >= 0.3 is 6.18 Å². The Morgan fingerprint density at radius 3 is 2.36 bits per heavy atom. The van der Waals surface area contributed by atoms with Gasteiger partial charge in [0.2, 0.25) is 11.8 Å². The zero-order chi connectivity index (χ0) is 39.8. The Morgan fingerprint density at radius 2 is 1.70 bits per heavy atom. The first kappa shape index (κ1) is 38.0. The van der Waals surface area contributed by atoms with Crippen molar-refractivity contribution in [2.24, 2.45) is 23.7 Å². The fourth-order valence-corrected chi connectivity index (χ4v) is 9.86. The molecule has 0 spiro atoms. The van der Waals surface area contributed by atoms with Crippen LogP contribution in [-0.4, -0.2) is 50.7 Å². The number of anilines is 1. The van der Waals surface area contributed by atoms with Crippen molar-refractivity contribution in [2.45, 2.75) is 36.9 Å². The fourth-order valence-electron chi connectivity index (χ4n) is 9.06. The van der Waals surface area contributed by atoms with Crippen molar-refractivity contribution in [3.05, 3.63) is 127 Å². The number of hydrazine groups is 1. The summed E-state index contributed by atoms with van der Waals surface area (Å²) >= 11 is 16.0. The molecule has 16 heteroatoms. The number of carbonyl (C=O) groups excluding carboxylic acids is 4. The Bertz CT molecular complexity index is 2350. The summed E-state index contributed by atoms with van der Waals surface area (Å²) in [5, 5.41) is 11.4. The molecule has 10 nitrogen and oxygen atoms in total. The van der Waals surface area contributed by atoms with E-state index in [1.807, 2.05) is 36.4 Å². The van der Waals surface area contributed by atoms with Crippen molar-refractivity contribution >= 4 is 68.6 Å². The molecule has 1 saturated carbocycles. The zero-order valence-corrected chi connectivity index (χ0v) is 32.3. The first-order chi connectivity index (χ1) is 26.7. The number of methoxy groups -OCH3 is 1. The molecule has 4 aromatic rings. The number of alkyl halides is 3. The Balaban J connectivity index is 1.31. The first-order valence-electron chi connectivity index (χ1n) is 17.5. The summed E-state index contributed by atoms with van der Waals surface area (Å²) in [7, 11) is 1.36. The van der Waals surface area contributed by atoms with E-state index in [-0.39, 0.29) is 47.1 Å². The van der Waals surface area contributed by atoms with Crippen LogP contribution in [0.25, 0.3) is 0 Å². The predicted molar refractivity (Wildman–Crippen MR) is 201 cm³/mol. The molecule has 2 N–H and O–H groups in total. The summed E-state index contributed by atoms with van der Waals surface area (Å²) in [6.45, 7) is 0.0627. The summed E-state index contributed by atoms with van der Waals surface area (Å²) in [4.78, 5) is 63.7. The van der Waals surface area contributed by atoms with Crippen molar-refractivity contribution < 1.29 is 42.2 Å². The molecule has 1 aromatic heterocycles. The molecule has 0 radical (unpaired) electrons. The lowest BCUT2D eigenvalue weighted by Gasteiger charge is -2.50. The molecule has 3 heterocycles. The van der Waals surface area contributed by atoms with Crippen molar-refractivity contribution in [3.8, 4) is 11.5 Å². The number of ether oxygens (including phenoxy) is 1. The number of allylic oxidation sites excluding steroid dienone is 2. The highest BCUT2D eigenvalue weighted by Gasteiger charge is 2.70. The highest BCUT2D eigenvalue weighted by Crippen LogP contribution is 2.64. The van der Waals surface area contributed by atoms with Crippen LogP contribution in [0.5, 0.6) is 11.5 Å². The summed E-state index contributed by atoms with van der Waals surface area (Å²) in [5.41, 5.74) is 1.94. The van der Waals surface area contributed by atoms with Crippen LogP contribution in [-0.2, 0) is 37.3 Å². The van der Waals surface area contributed by atoms with Gasteiger partial charge in [0, 0.05) is 17.1 Å². The molecule has 8 rings (SSSR count). The van der Waals surface area contributed by atoms with Crippen LogP contribution < -0.4 is 10.2 Å². The molecule has 6 atom stereocenters. The smallest absolute Gasteiger partial charge is 0.417 e. The van der Waals surface area contributed by atoms with E-state index in [1.54, 1.807) is 36.4 Å². The van der Waals surface area contributed by atoms with Gasteiger partial charge in [-0.1, -0.05) is 77.3 Å². The van der Waals surface area contributed by atoms with Gasteiger partial charge < -0.3 is 9.84 Å². The average molecular weight is 871 g/mol. The van der Waals surface area contributed by atoms with Crippen LogP contribution in [0.4, 0.5) is 19.0 Å². The lowest BCUT2D eigenvalue weighted by Crippen LogP contribution is -2.53. The van der Waals surface area contributed by atoms with Gasteiger partial charge in [-0.3, -0.25) is 29.5 Å². The number of nitrogens with one attached hydrogen (secondary N) is 1. The van der Waals surface area contributed by atoms with Gasteiger partial charge in [-0.05, 0) is 81.7 Å². The Morgan fingerprint density at radius 1 is 0.982 bits per heavy atom. The molecule has 6 unspecified atom stereocenters. The number of hydrogen-bond donors (Lipinski definition) is 2. The molecule has 2 aliphatic heterocycles. The monoisotopic (exact) mass is 868 g/mol. The Hall–Kier alpha value is -4.92. The number of phenolic OH excluding ortho intramolecular Hbond substituents is 1. The van der Waals surface area contributed by atoms with E-state index in [0.717, 1.165) is 10.6 Å². The number of aromatic hydroxyl groups is 1. The fraction of sp³-hybridized carbons (Fsp3) is 0.275. The first-order valence-corrected chi connectivity index (χ1v) is 19.0. The average Bonchev–Trinajstić information content (AvgIpc) is 3.54. The largest absolute Gasteiger partial charge is 0.503 e. The third-order valence-electron chi connectivity index (χ3n) is 11.4. The van der Waals surface area contributed by atoms with Crippen LogP contribution in [0.2, 0.25) is 10.0 Å². The van der Waals surface area contributed by atoms with Gasteiger partial charge in [0.15, 0.2) is 17.3 Å². The van der Waals surface area contributed by atoms with Crippen molar-refractivity contribution in [2.75, 3.05) is 12.5 Å². The number of likely N-dealkylation sites (tertiary alicyclic amines) is 1. The Kier molecular flexibility index (Phi) is 9.44. The van der Waals surface area contributed by atoms with Gasteiger partial charge in [0.25, 0.3) is 11.8 Å². The molecule has 3 aromatic carbocycles. The number of benzene rings is 3. The van der Waals surface area contributed by atoms with E-state index in [0.29, 0.717) is 34.0 Å². The number of pyridine rings is 1. The summed E-state index contributed by atoms with van der Waals surface area (Å²) in [6.07, 6.45) is -2.22. The highest BCUT2D eigenvalue weighted by molar-refractivity contribution is 9.10. The van der Waals surface area contributed by atoms with Gasteiger partial charge in [0.05, 0.1) is 51.9 Å². The molecule has 4 amide bonds. The number of phenols is 1. The number of halogens is 6. The minimum absolute atomic E-state index is 0.0440. The van der Waals surface area contributed by atoms with E-state index in [4.69, 9.17) is 27.9 Å². The molecule has 288 valence electrons.